The minimum absolute atomic E-state index is 0.0256. The molecule has 4 aromatic rings. The van der Waals surface area contributed by atoms with Crippen LogP contribution in [0.4, 0.5) is 8.78 Å². The first kappa shape index (κ1) is 60.5. The Hall–Kier alpha value is -7.13. The van der Waals surface area contributed by atoms with Crippen molar-refractivity contribution in [2.45, 2.75) is 126 Å². The van der Waals surface area contributed by atoms with Crippen molar-refractivity contribution in [3.05, 3.63) is 104 Å². The Morgan fingerprint density at radius 2 is 1.67 bits per heavy atom. The number of nitrogens with zero attached hydrogens (tertiary/aromatic N) is 4. The number of hydrogen-bond acceptors (Lipinski definition) is 12. The molecule has 21 nitrogen and oxygen atoms in total. The highest BCUT2D eigenvalue weighted by Crippen LogP contribution is 2.59. The molecule has 8 N–H and O–H groups in total. The Bertz CT molecular complexity index is 3360. The molecular formula is C57H63ClF2N9O12PS. The molecule has 9 rings (SSSR count). The van der Waals surface area contributed by atoms with Crippen molar-refractivity contribution in [1.82, 2.24) is 40.9 Å². The van der Waals surface area contributed by atoms with Crippen molar-refractivity contribution in [2.24, 2.45) is 11.7 Å². The van der Waals surface area contributed by atoms with E-state index >= 15 is 0 Å². The Morgan fingerprint density at radius 3 is 2.39 bits per heavy atom. The SMILES string of the molecule is CN1CC[C@H]2CC[C@@H](C(=O)NC(CCC(N)=O)C(=O)NC(Cc3ccc(Cl)cc3)C(=O)N3CCC(CCC#Cc4cccc5c4CN(C4CCC(=O)NC4=O)C5=O)CC3)N2C(=O)[C@@H](NC(=O)c2cc3cc(C(F)(F)P(=O)(O)O)ccc3s2)C1. The Labute approximate surface area is 485 Å². The number of nitrogens with one attached hydrogen (secondary N) is 4. The molecule has 3 aromatic carbocycles. The summed E-state index contributed by atoms with van der Waals surface area (Å²) in [5.74, 6) is 1.66. The summed E-state index contributed by atoms with van der Waals surface area (Å²) in [6, 6.07) is 10.3. The van der Waals surface area contributed by atoms with E-state index < -0.39 is 90.5 Å². The lowest BCUT2D eigenvalue weighted by atomic mass is 9.91. The van der Waals surface area contributed by atoms with Gasteiger partial charge in [0.15, 0.2) is 0 Å². The second kappa shape index (κ2) is 25.4. The van der Waals surface area contributed by atoms with Gasteiger partial charge in [-0.3, -0.25) is 53.0 Å². The molecule has 9 amide bonds. The zero-order valence-corrected chi connectivity index (χ0v) is 47.7. The van der Waals surface area contributed by atoms with E-state index in [1.54, 1.807) is 48.3 Å². The molecule has 4 saturated heterocycles. The predicted octanol–water partition coefficient (Wildman–Crippen LogP) is 3.88. The lowest BCUT2D eigenvalue weighted by Gasteiger charge is -2.38. The highest BCUT2D eigenvalue weighted by atomic mass is 35.5. The number of carbonyl (C=O) groups excluding carboxylic acids is 9. The summed E-state index contributed by atoms with van der Waals surface area (Å²) in [4.78, 5) is 147. The van der Waals surface area contributed by atoms with E-state index in [0.717, 1.165) is 35.5 Å². The fraction of sp³-hybridized carbons (Fsp3) is 0.456. The van der Waals surface area contributed by atoms with Crippen LogP contribution < -0.4 is 27.0 Å². The molecule has 6 heterocycles. The predicted molar refractivity (Wildman–Crippen MR) is 300 cm³/mol. The van der Waals surface area contributed by atoms with Gasteiger partial charge < -0.3 is 51.1 Å². The van der Waals surface area contributed by atoms with E-state index in [2.05, 4.69) is 33.1 Å². The molecule has 0 saturated carbocycles. The van der Waals surface area contributed by atoms with Crippen LogP contribution in [0, 0.1) is 17.8 Å². The van der Waals surface area contributed by atoms with Crippen LogP contribution in [0.3, 0.4) is 0 Å². The smallest absolute Gasteiger partial charge is 0.370 e. The number of halogens is 3. The largest absolute Gasteiger partial charge is 0.399 e. The third-order valence-electron chi connectivity index (χ3n) is 16.1. The van der Waals surface area contributed by atoms with Gasteiger partial charge in [-0.1, -0.05) is 47.7 Å². The first-order valence-electron chi connectivity index (χ1n) is 27.4. The van der Waals surface area contributed by atoms with Gasteiger partial charge >= 0.3 is 13.3 Å². The number of benzene rings is 3. The third kappa shape index (κ3) is 13.8. The number of likely N-dealkylation sites (tertiary alicyclic amines) is 1. The summed E-state index contributed by atoms with van der Waals surface area (Å²) in [5, 5.41) is 11.3. The summed E-state index contributed by atoms with van der Waals surface area (Å²) >= 11 is 7.12. The van der Waals surface area contributed by atoms with Gasteiger partial charge in [0.2, 0.25) is 41.4 Å². The van der Waals surface area contributed by atoms with Gasteiger partial charge in [0.05, 0.1) is 4.88 Å². The first-order chi connectivity index (χ1) is 39.4. The number of hydrogen-bond donors (Lipinski definition) is 7. The second-order valence-corrected chi connectivity index (χ2v) is 25.0. The lowest BCUT2D eigenvalue weighted by Crippen LogP contribution is -2.61. The number of likely N-dealkylation sites (N-methyl/N-ethyl adjacent to an activating group) is 1. The quantitative estimate of drug-likeness (QED) is 0.0449. The number of amides is 9. The van der Waals surface area contributed by atoms with Crippen LogP contribution in [-0.2, 0) is 56.8 Å². The van der Waals surface area contributed by atoms with Crippen LogP contribution in [-0.4, -0.2) is 152 Å². The number of carbonyl (C=O) groups is 9. The molecule has 0 aliphatic carbocycles. The van der Waals surface area contributed by atoms with Gasteiger partial charge in [0, 0.05) is 84.3 Å². The molecule has 1 aromatic heterocycles. The molecule has 3 unspecified atom stereocenters. The van der Waals surface area contributed by atoms with Crippen LogP contribution in [0.25, 0.3) is 10.1 Å². The van der Waals surface area contributed by atoms with Gasteiger partial charge in [-0.05, 0) is 130 Å². The Kier molecular flexibility index (Phi) is 18.5. The molecule has 6 atom stereocenters. The van der Waals surface area contributed by atoms with Crippen LogP contribution in [0.5, 0.6) is 0 Å². The van der Waals surface area contributed by atoms with Crippen molar-refractivity contribution >= 4 is 93.8 Å². The third-order valence-corrected chi connectivity index (χ3v) is 18.5. The number of fused-ring (bicyclic) bond motifs is 3. The van der Waals surface area contributed by atoms with Crippen LogP contribution in [0.2, 0.25) is 5.02 Å². The topological polar surface area (TPSA) is 298 Å². The summed E-state index contributed by atoms with van der Waals surface area (Å²) < 4.78 is 41.1. The molecule has 5 aliphatic heterocycles. The molecule has 0 bridgehead atoms. The maximum atomic E-state index is 14.6. The van der Waals surface area contributed by atoms with Gasteiger partial charge in [-0.15, -0.1) is 11.3 Å². The standard InChI is InChI=1S/C57H63ClF2N9O12PS/c1-66-24-23-38-14-16-45(69(38)56(78)43(31-66)64-53(75)47-29-35-28-36(11-18-46(35)83-47)57(59,60)82(79,80)81)52(74)62-41(15-19-48(61)70)50(72)63-42(27-33-9-12-37(58)13-10-33)55(77)67-25-21-32(22-26-67)5-2-3-6-34-7-4-8-39-40(34)30-68(54(39)76)44-17-20-49(71)65-51(44)73/h4,7-13,18,28-29,32,38,41-45H,2,5,14-17,19-27,30-31H2,1H3,(H2,61,70)(H,62,74)(H,63,72)(H,64,75)(H,65,71,73)(H2,79,80,81)/t38-,41?,42?,43+,44?,45+/m1/s1. The maximum absolute atomic E-state index is 14.6. The number of alkyl halides is 2. The fourth-order valence-electron chi connectivity index (χ4n) is 11.6. The summed E-state index contributed by atoms with van der Waals surface area (Å²) in [7, 11) is -4.10. The maximum Gasteiger partial charge on any atom is 0.399 e. The first-order valence-corrected chi connectivity index (χ1v) is 30.2. The number of piperidine rings is 2. The monoisotopic (exact) mass is 1200 g/mol. The average molecular weight is 1200 g/mol. The highest BCUT2D eigenvalue weighted by Gasteiger charge is 2.51. The fourth-order valence-corrected chi connectivity index (χ4v) is 13.1. The molecule has 4 fully saturated rings. The summed E-state index contributed by atoms with van der Waals surface area (Å²) in [5.41, 5.74) is 2.72. The van der Waals surface area contributed by atoms with E-state index in [4.69, 9.17) is 17.3 Å². The van der Waals surface area contributed by atoms with Crippen molar-refractivity contribution in [3.63, 3.8) is 0 Å². The molecule has 0 radical (unpaired) electrons. The van der Waals surface area contributed by atoms with E-state index in [-0.39, 0.29) is 85.5 Å². The lowest BCUT2D eigenvalue weighted by molar-refractivity contribution is -0.144. The second-order valence-electron chi connectivity index (χ2n) is 21.8. The summed E-state index contributed by atoms with van der Waals surface area (Å²) in [6.07, 6.45) is 3.57. The van der Waals surface area contributed by atoms with Gasteiger partial charge in [-0.25, -0.2) is 0 Å². The van der Waals surface area contributed by atoms with Crippen LogP contribution in [0.1, 0.15) is 113 Å². The number of imide groups is 1. The van der Waals surface area contributed by atoms with Crippen molar-refractivity contribution < 1.29 is 66.3 Å². The zero-order chi connectivity index (χ0) is 59.5. The molecule has 83 heavy (non-hydrogen) atoms. The Morgan fingerprint density at radius 1 is 0.928 bits per heavy atom. The molecule has 26 heteroatoms. The zero-order valence-electron chi connectivity index (χ0n) is 45.2. The molecule has 0 spiro atoms. The number of rotatable bonds is 17. The van der Waals surface area contributed by atoms with Crippen molar-refractivity contribution in [2.75, 3.05) is 33.2 Å². The molecular weight excluding hydrogens is 1140 g/mol. The van der Waals surface area contributed by atoms with Crippen molar-refractivity contribution in [3.8, 4) is 11.8 Å². The van der Waals surface area contributed by atoms with E-state index in [1.165, 1.54) is 21.9 Å². The van der Waals surface area contributed by atoms with Crippen LogP contribution >= 0.6 is 30.5 Å². The van der Waals surface area contributed by atoms with Gasteiger partial charge in [-0.2, -0.15) is 8.78 Å². The van der Waals surface area contributed by atoms with E-state index in [1.807, 2.05) is 11.0 Å². The number of primary amides is 1. The van der Waals surface area contributed by atoms with Gasteiger partial charge in [0.25, 0.3) is 11.8 Å². The number of thiophene rings is 1. The molecule has 440 valence electrons. The molecule has 5 aliphatic rings. The van der Waals surface area contributed by atoms with Gasteiger partial charge in [0.1, 0.15) is 30.2 Å². The van der Waals surface area contributed by atoms with Crippen molar-refractivity contribution in [1.29, 1.82) is 0 Å². The minimum Gasteiger partial charge on any atom is -0.370 e. The normalized spacial score (nSPS) is 21.4. The Balaban J connectivity index is 0.841. The minimum atomic E-state index is -5.87. The van der Waals surface area contributed by atoms with E-state index in [0.29, 0.717) is 78.2 Å². The van der Waals surface area contributed by atoms with E-state index in [9.17, 15) is 66.3 Å². The highest BCUT2D eigenvalue weighted by molar-refractivity contribution is 7.52. The number of nitrogens with two attached hydrogens (primary N) is 1. The van der Waals surface area contributed by atoms with Crippen LogP contribution in [0.15, 0.2) is 66.7 Å². The average Bonchev–Trinajstić information content (AvgIpc) is 4.31. The summed E-state index contributed by atoms with van der Waals surface area (Å²) in [6.45, 7) is 1.48.